The number of nitrogens with zero attached hydrogens (tertiary/aromatic N) is 4. The smallest absolute Gasteiger partial charge is 0.143 e. The van der Waals surface area contributed by atoms with Crippen molar-refractivity contribution >= 4 is 44.4 Å². The molecule has 26 heavy (non-hydrogen) atoms. The first-order valence-electron chi connectivity index (χ1n) is 7.67. The van der Waals surface area contributed by atoms with E-state index in [0.717, 1.165) is 31.3 Å². The summed E-state index contributed by atoms with van der Waals surface area (Å²) < 4.78 is 0.971. The molecule has 120 valence electrons. The van der Waals surface area contributed by atoms with Crippen molar-refractivity contribution < 1.29 is 0 Å². The molecule has 3 aromatic rings. The molecule has 2 aromatic heterocycles. The summed E-state index contributed by atoms with van der Waals surface area (Å²) in [4.78, 5) is 0.995. The van der Waals surface area contributed by atoms with E-state index in [1.807, 2.05) is 47.2 Å². The maximum absolute atomic E-state index is 9.38. The van der Waals surface area contributed by atoms with Crippen LogP contribution in [0.5, 0.6) is 0 Å². The Morgan fingerprint density at radius 3 is 2.42 bits per heavy atom. The van der Waals surface area contributed by atoms with Gasteiger partial charge in [-0.15, -0.1) is 22.7 Å². The molecule has 0 N–H and O–H groups in total. The van der Waals surface area contributed by atoms with Gasteiger partial charge in [0.05, 0.1) is 12.1 Å². The van der Waals surface area contributed by atoms with E-state index in [2.05, 4.69) is 12.1 Å². The number of rotatable bonds is 1. The number of benzene rings is 1. The van der Waals surface area contributed by atoms with Crippen LogP contribution in [0.4, 0.5) is 0 Å². The van der Waals surface area contributed by atoms with Crippen molar-refractivity contribution in [2.24, 2.45) is 5.92 Å². The lowest BCUT2D eigenvalue weighted by Crippen LogP contribution is -2.22. The number of thiophene rings is 2. The summed E-state index contributed by atoms with van der Waals surface area (Å²) in [5.74, 6) is -1.04. The summed E-state index contributed by atoms with van der Waals surface area (Å²) >= 11 is 3.08. The van der Waals surface area contributed by atoms with E-state index in [-0.39, 0.29) is 11.5 Å². The maximum Gasteiger partial charge on any atom is 0.143 e. The van der Waals surface area contributed by atoms with Crippen molar-refractivity contribution in [3.63, 3.8) is 0 Å². The van der Waals surface area contributed by atoms with Gasteiger partial charge in [0, 0.05) is 31.7 Å². The predicted octanol–water partition coefficient (Wildman–Crippen LogP) is 3.37. The van der Waals surface area contributed by atoms with Crippen molar-refractivity contribution in [1.82, 2.24) is 0 Å². The number of nitriles is 4. The van der Waals surface area contributed by atoms with Crippen LogP contribution in [0, 0.1) is 51.2 Å². The molecule has 0 saturated carbocycles. The Labute approximate surface area is 157 Å². The fraction of sp³-hybridized carbons (Fsp3) is 0.100. The Morgan fingerprint density at radius 1 is 1.00 bits per heavy atom. The molecular formula is C20H8N4S2. The largest absolute Gasteiger partial charge is 0.197 e. The van der Waals surface area contributed by atoms with Crippen LogP contribution in [0.1, 0.15) is 11.5 Å². The van der Waals surface area contributed by atoms with Gasteiger partial charge >= 0.3 is 0 Å². The average Bonchev–Trinajstić information content (AvgIpc) is 3.33. The first-order valence-corrected chi connectivity index (χ1v) is 9.43. The fourth-order valence-electron chi connectivity index (χ4n) is 3.39. The topological polar surface area (TPSA) is 95.2 Å². The van der Waals surface area contributed by atoms with Crippen LogP contribution in [0.25, 0.3) is 32.2 Å². The van der Waals surface area contributed by atoms with Crippen molar-refractivity contribution in [1.29, 1.82) is 21.0 Å². The Bertz CT molecular complexity index is 1320. The molecule has 4 nitrogen and oxygen atoms in total. The molecule has 1 aliphatic carbocycles. The first kappa shape index (κ1) is 16.1. The molecule has 0 spiro atoms. The van der Waals surface area contributed by atoms with Gasteiger partial charge in [-0.3, -0.25) is 0 Å². The van der Waals surface area contributed by atoms with Gasteiger partial charge in [0.1, 0.15) is 23.6 Å². The summed E-state index contributed by atoms with van der Waals surface area (Å²) in [6.45, 7) is 0. The lowest BCUT2D eigenvalue weighted by atomic mass is 9.82. The maximum atomic E-state index is 9.38. The summed E-state index contributed by atoms with van der Waals surface area (Å²) in [7, 11) is 0. The monoisotopic (exact) mass is 368 g/mol. The van der Waals surface area contributed by atoms with Crippen LogP contribution >= 0.6 is 22.7 Å². The molecule has 0 fully saturated rings. The van der Waals surface area contributed by atoms with Gasteiger partial charge in [-0.05, 0) is 39.7 Å². The van der Waals surface area contributed by atoms with E-state index in [1.165, 1.54) is 11.3 Å². The van der Waals surface area contributed by atoms with Crippen LogP contribution < -0.4 is 10.4 Å². The summed E-state index contributed by atoms with van der Waals surface area (Å²) in [5.41, 5.74) is 1.99. The zero-order valence-corrected chi connectivity index (χ0v) is 14.9. The van der Waals surface area contributed by atoms with Crippen LogP contribution in [-0.4, -0.2) is 0 Å². The summed E-state index contributed by atoms with van der Waals surface area (Å²) in [5, 5.41) is 43.8. The highest BCUT2D eigenvalue weighted by Crippen LogP contribution is 2.40. The third-order valence-corrected chi connectivity index (χ3v) is 6.47. The van der Waals surface area contributed by atoms with Crippen molar-refractivity contribution in [2.45, 2.75) is 5.92 Å². The highest BCUT2D eigenvalue weighted by molar-refractivity contribution is 7.17. The number of hydrogen-bond acceptors (Lipinski definition) is 6. The van der Waals surface area contributed by atoms with Gasteiger partial charge in [-0.25, -0.2) is 0 Å². The lowest BCUT2D eigenvalue weighted by molar-refractivity contribution is 0.764. The van der Waals surface area contributed by atoms with Crippen LogP contribution in [0.2, 0.25) is 0 Å². The molecular weight excluding hydrogens is 360 g/mol. The zero-order valence-electron chi connectivity index (χ0n) is 13.2. The molecule has 0 aliphatic heterocycles. The van der Waals surface area contributed by atoms with E-state index in [0.29, 0.717) is 5.22 Å². The average molecular weight is 368 g/mol. The molecule has 0 bridgehead atoms. The van der Waals surface area contributed by atoms with E-state index in [1.54, 1.807) is 11.3 Å². The van der Waals surface area contributed by atoms with E-state index >= 15 is 0 Å². The second kappa shape index (κ2) is 6.14. The van der Waals surface area contributed by atoms with Gasteiger partial charge in [0.2, 0.25) is 0 Å². The third kappa shape index (κ3) is 2.15. The minimum atomic E-state index is -0.758. The van der Waals surface area contributed by atoms with Gasteiger partial charge in [-0.2, -0.15) is 21.0 Å². The molecule has 6 heteroatoms. The minimum absolute atomic E-state index is 0.0864. The van der Waals surface area contributed by atoms with Gasteiger partial charge in [0.25, 0.3) is 0 Å². The Balaban J connectivity index is 2.21. The third-order valence-electron chi connectivity index (χ3n) is 4.55. The second-order valence-electron chi connectivity index (χ2n) is 5.78. The Morgan fingerprint density at radius 2 is 1.73 bits per heavy atom. The standard InChI is InChI=1S/C20H8N4S2/c21-7-11(8-22)15-5-18-17(19-13(15)1-3-25-19)6-16(12(9-23)10-24)14-2-4-26-20(14)18/h1-6,11,15H. The predicted molar refractivity (Wildman–Crippen MR) is 101 cm³/mol. The van der Waals surface area contributed by atoms with Crippen LogP contribution in [-0.2, 0) is 0 Å². The van der Waals surface area contributed by atoms with Gasteiger partial charge < -0.3 is 0 Å². The molecule has 4 rings (SSSR count). The number of hydrogen-bond donors (Lipinski definition) is 0. The van der Waals surface area contributed by atoms with Gasteiger partial charge in [0.15, 0.2) is 0 Å². The molecule has 2 heterocycles. The van der Waals surface area contributed by atoms with Crippen LogP contribution in [0.3, 0.4) is 0 Å². The van der Waals surface area contributed by atoms with Crippen LogP contribution in [0.15, 0.2) is 29.0 Å². The summed E-state index contributed by atoms with van der Waals surface area (Å²) in [6, 6.07) is 13.9. The molecule has 0 saturated heterocycles. The van der Waals surface area contributed by atoms with E-state index in [4.69, 9.17) is 0 Å². The summed E-state index contributed by atoms with van der Waals surface area (Å²) in [6.07, 6.45) is 1.99. The molecule has 0 radical (unpaired) electrons. The van der Waals surface area contributed by atoms with Crippen molar-refractivity contribution in [2.75, 3.05) is 0 Å². The second-order valence-corrected chi connectivity index (χ2v) is 7.61. The Kier molecular flexibility index (Phi) is 3.80. The van der Waals surface area contributed by atoms with Gasteiger partial charge in [-0.1, -0.05) is 6.08 Å². The molecule has 1 atom stereocenters. The highest BCUT2D eigenvalue weighted by atomic mass is 32.1. The molecule has 1 unspecified atom stereocenters. The molecule has 1 aromatic carbocycles. The molecule has 1 aliphatic rings. The quantitative estimate of drug-likeness (QED) is 0.658. The van der Waals surface area contributed by atoms with E-state index < -0.39 is 5.92 Å². The highest BCUT2D eigenvalue weighted by Gasteiger charge is 2.29. The fourth-order valence-corrected chi connectivity index (χ4v) is 5.33. The van der Waals surface area contributed by atoms with E-state index in [9.17, 15) is 21.0 Å². The SMILES string of the molecule is N#CC(C#N)=c1cc2c(c3sccc13)=CC(C(C#N)C#N)c1ccsc1-2. The van der Waals surface area contributed by atoms with Crippen molar-refractivity contribution in [3.05, 3.63) is 45.0 Å². The first-order chi connectivity index (χ1) is 12.7. The molecule has 0 amide bonds. The zero-order chi connectivity index (χ0) is 18.3. The lowest BCUT2D eigenvalue weighted by Gasteiger charge is -2.20. The normalized spacial score (nSPS) is 14.3. The number of fused-ring (bicyclic) bond motifs is 5. The van der Waals surface area contributed by atoms with Crippen molar-refractivity contribution in [3.8, 4) is 34.7 Å². The Hall–Kier alpha value is -3.42. The minimum Gasteiger partial charge on any atom is -0.197 e.